The SMILES string of the molecule is Cn1nc2c(c1-c1cc(F)c(F)c(F)c1)C[C@H]1CCC[C@@H]2N1C(=O)c1cc(C(F)(F)F)ccc1-n1nccn1. The number of aryl methyl sites for hydroxylation is 1. The Morgan fingerprint density at radius 2 is 1.69 bits per heavy atom. The van der Waals surface area contributed by atoms with Crippen LogP contribution >= 0.6 is 0 Å². The van der Waals surface area contributed by atoms with Crippen LogP contribution in [0.25, 0.3) is 16.9 Å². The standard InChI is InChI=1S/C26H20F6N6O/c1-36-24(13-9-18(27)22(29)19(28)10-13)17-12-15-3-2-4-21(23(17)35-36)37(15)25(39)16-11-14(26(30,31)32)5-6-20(16)38-33-7-8-34-38/h5-11,15,21H,2-4,12H2,1H3/t15-,21+/m1/s1. The average Bonchev–Trinajstić information content (AvgIpc) is 3.53. The number of carbonyl (C=O) groups excluding carboxylic acids is 1. The van der Waals surface area contributed by atoms with E-state index in [0.29, 0.717) is 29.8 Å². The van der Waals surface area contributed by atoms with Crippen molar-refractivity contribution in [1.29, 1.82) is 0 Å². The van der Waals surface area contributed by atoms with Crippen molar-refractivity contribution in [2.75, 3.05) is 0 Å². The Hall–Kier alpha value is -4.16. The summed E-state index contributed by atoms with van der Waals surface area (Å²) in [5.41, 5.74) is 0.566. The highest BCUT2D eigenvalue weighted by molar-refractivity contribution is 5.98. The molecule has 2 aliphatic heterocycles. The van der Waals surface area contributed by atoms with Crippen LogP contribution in [-0.2, 0) is 19.6 Å². The monoisotopic (exact) mass is 546 g/mol. The van der Waals surface area contributed by atoms with E-state index < -0.39 is 47.2 Å². The molecule has 0 spiro atoms. The fourth-order valence-electron chi connectivity index (χ4n) is 5.74. The zero-order chi connectivity index (χ0) is 27.6. The summed E-state index contributed by atoms with van der Waals surface area (Å²) in [6.07, 6.45) is 0.0963. The van der Waals surface area contributed by atoms with Crippen LogP contribution in [0.4, 0.5) is 26.3 Å². The van der Waals surface area contributed by atoms with Gasteiger partial charge in [-0.1, -0.05) is 0 Å². The van der Waals surface area contributed by atoms with Gasteiger partial charge >= 0.3 is 6.18 Å². The molecule has 1 fully saturated rings. The summed E-state index contributed by atoms with van der Waals surface area (Å²) in [6.45, 7) is 0. The molecule has 0 aliphatic carbocycles. The molecule has 1 amide bonds. The van der Waals surface area contributed by atoms with Gasteiger partial charge in [0.25, 0.3) is 5.91 Å². The van der Waals surface area contributed by atoms with Crippen LogP contribution in [0, 0.1) is 17.5 Å². The van der Waals surface area contributed by atoms with E-state index in [-0.39, 0.29) is 23.2 Å². The van der Waals surface area contributed by atoms with Gasteiger partial charge in [-0.3, -0.25) is 9.48 Å². The van der Waals surface area contributed by atoms with E-state index in [0.717, 1.165) is 41.5 Å². The summed E-state index contributed by atoms with van der Waals surface area (Å²) in [4.78, 5) is 16.7. The third-order valence-electron chi connectivity index (χ3n) is 7.36. The van der Waals surface area contributed by atoms with Crippen LogP contribution in [0.5, 0.6) is 0 Å². The van der Waals surface area contributed by atoms with E-state index in [1.807, 2.05) is 0 Å². The predicted octanol–water partition coefficient (Wildman–Crippen LogP) is 5.40. The minimum Gasteiger partial charge on any atom is -0.327 e. The summed E-state index contributed by atoms with van der Waals surface area (Å²) < 4.78 is 84.0. The van der Waals surface area contributed by atoms with Gasteiger partial charge in [0, 0.05) is 24.2 Å². The molecule has 0 saturated carbocycles. The Balaban J connectivity index is 1.46. The lowest BCUT2D eigenvalue weighted by molar-refractivity contribution is -0.137. The van der Waals surface area contributed by atoms with Gasteiger partial charge in [0.15, 0.2) is 17.5 Å². The molecular formula is C26H20F6N6O. The molecule has 2 bridgehead atoms. The molecule has 2 aromatic carbocycles. The Kier molecular flexibility index (Phi) is 5.77. The minimum atomic E-state index is -4.67. The fraction of sp³-hybridized carbons (Fsp3) is 0.308. The van der Waals surface area contributed by atoms with Gasteiger partial charge in [-0.15, -0.1) is 0 Å². The number of piperidine rings is 1. The van der Waals surface area contributed by atoms with Gasteiger partial charge in [-0.05, 0) is 56.0 Å². The Labute approximate surface area is 217 Å². The molecule has 0 radical (unpaired) electrons. The average molecular weight is 546 g/mol. The first-order valence-corrected chi connectivity index (χ1v) is 12.2. The second kappa shape index (κ2) is 8.95. The summed E-state index contributed by atoms with van der Waals surface area (Å²) in [5, 5.41) is 12.5. The van der Waals surface area contributed by atoms with Gasteiger partial charge in [0.2, 0.25) is 0 Å². The van der Waals surface area contributed by atoms with Crippen molar-refractivity contribution in [2.24, 2.45) is 7.05 Å². The van der Waals surface area contributed by atoms with Crippen LogP contribution in [0.3, 0.4) is 0 Å². The number of fused-ring (bicyclic) bond motifs is 4. The summed E-state index contributed by atoms with van der Waals surface area (Å²) in [7, 11) is 1.58. The smallest absolute Gasteiger partial charge is 0.327 e. The number of carbonyl (C=O) groups is 1. The van der Waals surface area contributed by atoms with Gasteiger partial charge in [0.1, 0.15) is 0 Å². The second-order valence-corrected chi connectivity index (χ2v) is 9.66. The molecule has 4 aromatic rings. The minimum absolute atomic E-state index is 0.0980. The van der Waals surface area contributed by atoms with Crippen molar-refractivity contribution >= 4 is 5.91 Å². The zero-order valence-corrected chi connectivity index (χ0v) is 20.4. The molecule has 6 rings (SSSR count). The largest absolute Gasteiger partial charge is 0.416 e. The molecule has 13 heteroatoms. The number of hydrogen-bond donors (Lipinski definition) is 0. The first kappa shape index (κ1) is 25.1. The lowest BCUT2D eigenvalue weighted by atomic mass is 9.81. The molecule has 2 aromatic heterocycles. The number of hydrogen-bond acceptors (Lipinski definition) is 4. The lowest BCUT2D eigenvalue weighted by Gasteiger charge is -2.45. The van der Waals surface area contributed by atoms with Crippen molar-refractivity contribution in [2.45, 2.75) is 43.9 Å². The van der Waals surface area contributed by atoms with E-state index in [2.05, 4.69) is 15.3 Å². The van der Waals surface area contributed by atoms with Crippen molar-refractivity contribution in [3.8, 4) is 16.9 Å². The number of aromatic nitrogens is 5. The maximum atomic E-state index is 14.1. The van der Waals surface area contributed by atoms with Crippen molar-refractivity contribution in [1.82, 2.24) is 29.7 Å². The molecule has 2 aliphatic rings. The van der Waals surface area contributed by atoms with E-state index in [1.54, 1.807) is 11.9 Å². The van der Waals surface area contributed by atoms with Crippen molar-refractivity contribution < 1.29 is 31.1 Å². The van der Waals surface area contributed by atoms with Crippen LogP contribution < -0.4 is 0 Å². The molecule has 39 heavy (non-hydrogen) atoms. The molecule has 0 unspecified atom stereocenters. The highest BCUT2D eigenvalue weighted by Crippen LogP contribution is 2.46. The quantitative estimate of drug-likeness (QED) is 0.255. The van der Waals surface area contributed by atoms with Gasteiger partial charge in [0.05, 0.1) is 46.6 Å². The summed E-state index contributed by atoms with van der Waals surface area (Å²) in [5.74, 6) is -4.87. The maximum Gasteiger partial charge on any atom is 0.416 e. The molecule has 0 N–H and O–H groups in total. The molecule has 1 saturated heterocycles. The molecular weight excluding hydrogens is 526 g/mol. The number of nitrogens with zero attached hydrogens (tertiary/aromatic N) is 6. The van der Waals surface area contributed by atoms with Gasteiger partial charge < -0.3 is 4.90 Å². The van der Waals surface area contributed by atoms with Gasteiger partial charge in [-0.2, -0.15) is 33.3 Å². The third-order valence-corrected chi connectivity index (χ3v) is 7.36. The second-order valence-electron chi connectivity index (χ2n) is 9.66. The van der Waals surface area contributed by atoms with Gasteiger partial charge in [-0.25, -0.2) is 13.2 Å². The Bertz CT molecular complexity index is 1570. The Morgan fingerprint density at radius 1 is 1.00 bits per heavy atom. The van der Waals surface area contributed by atoms with Crippen LogP contribution in [-0.4, -0.2) is 41.6 Å². The summed E-state index contributed by atoms with van der Waals surface area (Å²) in [6, 6.07) is 3.65. The molecule has 4 heterocycles. The number of benzene rings is 2. The number of halogens is 6. The fourth-order valence-corrected chi connectivity index (χ4v) is 5.74. The normalized spacial score (nSPS) is 18.8. The van der Waals surface area contributed by atoms with E-state index in [4.69, 9.17) is 0 Å². The lowest BCUT2D eigenvalue weighted by Crippen LogP contribution is -2.50. The van der Waals surface area contributed by atoms with E-state index in [1.165, 1.54) is 17.1 Å². The first-order chi connectivity index (χ1) is 18.5. The molecule has 2 atom stereocenters. The third kappa shape index (κ3) is 4.07. The highest BCUT2D eigenvalue weighted by atomic mass is 19.4. The number of amides is 1. The van der Waals surface area contributed by atoms with Crippen LogP contribution in [0.2, 0.25) is 0 Å². The molecule has 7 nitrogen and oxygen atoms in total. The van der Waals surface area contributed by atoms with Crippen LogP contribution in [0.15, 0.2) is 42.7 Å². The summed E-state index contributed by atoms with van der Waals surface area (Å²) >= 11 is 0. The van der Waals surface area contributed by atoms with Crippen molar-refractivity contribution in [3.63, 3.8) is 0 Å². The highest BCUT2D eigenvalue weighted by Gasteiger charge is 2.44. The van der Waals surface area contributed by atoms with E-state index in [9.17, 15) is 31.1 Å². The number of rotatable bonds is 3. The van der Waals surface area contributed by atoms with E-state index >= 15 is 0 Å². The predicted molar refractivity (Wildman–Crippen MR) is 125 cm³/mol. The Morgan fingerprint density at radius 3 is 2.36 bits per heavy atom. The zero-order valence-electron chi connectivity index (χ0n) is 20.4. The van der Waals surface area contributed by atoms with Crippen molar-refractivity contribution in [3.05, 3.63) is 82.6 Å². The number of alkyl halides is 3. The maximum absolute atomic E-state index is 14.1. The van der Waals surface area contributed by atoms with Crippen LogP contribution in [0.1, 0.15) is 52.5 Å². The topological polar surface area (TPSA) is 68.8 Å². The molecule has 202 valence electrons. The first-order valence-electron chi connectivity index (χ1n) is 12.2.